The Bertz CT molecular complexity index is 1320. The van der Waals surface area contributed by atoms with Crippen molar-refractivity contribution in [1.82, 2.24) is 5.32 Å². The summed E-state index contributed by atoms with van der Waals surface area (Å²) in [6.07, 6.45) is 2.24. The van der Waals surface area contributed by atoms with Crippen molar-refractivity contribution in [3.63, 3.8) is 0 Å². The molecular weight excluding hydrogens is 484 g/mol. The van der Waals surface area contributed by atoms with Crippen LogP contribution in [0.4, 0.5) is 5.69 Å². The van der Waals surface area contributed by atoms with Gasteiger partial charge in [-0.25, -0.2) is 8.42 Å². The Hall–Kier alpha value is -3.32. The number of fused-ring (bicyclic) bond motifs is 1. The smallest absolute Gasteiger partial charge is 0.264 e. The highest BCUT2D eigenvalue weighted by atomic mass is 32.2. The Labute approximate surface area is 220 Å². The van der Waals surface area contributed by atoms with Crippen molar-refractivity contribution in [1.29, 1.82) is 0 Å². The summed E-state index contributed by atoms with van der Waals surface area (Å²) in [4.78, 5) is 13.6. The van der Waals surface area contributed by atoms with Crippen LogP contribution in [0.15, 0.2) is 83.8 Å². The molecule has 0 aromatic heterocycles. The Morgan fingerprint density at radius 2 is 1.59 bits per heavy atom. The number of para-hydroxylation sites is 1. The number of carbonyl (C=O) groups is 1. The number of sulfonamides is 1. The molecule has 3 aromatic carbocycles. The van der Waals surface area contributed by atoms with Crippen molar-refractivity contribution >= 4 is 21.6 Å². The lowest BCUT2D eigenvalue weighted by Crippen LogP contribution is -2.47. The Morgan fingerprint density at radius 1 is 0.973 bits per heavy atom. The third-order valence-corrected chi connectivity index (χ3v) is 9.08. The highest BCUT2D eigenvalue weighted by Gasteiger charge is 2.39. The molecule has 1 aliphatic rings. The van der Waals surface area contributed by atoms with Crippen LogP contribution in [0.1, 0.15) is 70.0 Å². The normalized spacial score (nSPS) is 16.5. The van der Waals surface area contributed by atoms with Crippen molar-refractivity contribution < 1.29 is 17.9 Å². The SMILES string of the molecule is CCC1(CC)CC(NC(=O)CN(c2ccc(C(C)C)cc2)S(=O)(=O)c2ccccc2)c2ccccc2O1. The van der Waals surface area contributed by atoms with E-state index in [9.17, 15) is 13.2 Å². The number of anilines is 1. The lowest BCUT2D eigenvalue weighted by Gasteiger charge is -2.41. The molecule has 1 aliphatic heterocycles. The minimum Gasteiger partial charge on any atom is -0.487 e. The van der Waals surface area contributed by atoms with Crippen LogP contribution in [0, 0.1) is 0 Å². The molecule has 1 atom stereocenters. The first-order chi connectivity index (χ1) is 17.7. The minimum atomic E-state index is -3.97. The van der Waals surface area contributed by atoms with Gasteiger partial charge in [-0.05, 0) is 54.7 Å². The van der Waals surface area contributed by atoms with Gasteiger partial charge in [0.1, 0.15) is 17.9 Å². The molecule has 1 heterocycles. The monoisotopic (exact) mass is 520 g/mol. The van der Waals surface area contributed by atoms with Gasteiger partial charge in [0, 0.05) is 12.0 Å². The number of nitrogens with one attached hydrogen (secondary N) is 1. The Balaban J connectivity index is 1.65. The fraction of sp³-hybridized carbons (Fsp3) is 0.367. The molecule has 37 heavy (non-hydrogen) atoms. The second-order valence-electron chi connectivity index (χ2n) is 9.93. The number of carbonyl (C=O) groups excluding carboxylic acids is 1. The number of rotatable bonds is 9. The maximum atomic E-state index is 13.7. The van der Waals surface area contributed by atoms with Gasteiger partial charge in [-0.1, -0.05) is 76.2 Å². The van der Waals surface area contributed by atoms with E-state index in [0.717, 1.165) is 29.7 Å². The first-order valence-electron chi connectivity index (χ1n) is 12.9. The minimum absolute atomic E-state index is 0.142. The van der Waals surface area contributed by atoms with Gasteiger partial charge in [0.2, 0.25) is 5.91 Å². The number of amides is 1. The van der Waals surface area contributed by atoms with Crippen LogP contribution in [-0.4, -0.2) is 26.5 Å². The number of ether oxygens (including phenoxy) is 1. The van der Waals surface area contributed by atoms with Crippen molar-refractivity contribution in [3.05, 3.63) is 90.0 Å². The summed E-state index contributed by atoms with van der Waals surface area (Å²) >= 11 is 0. The molecule has 0 bridgehead atoms. The summed E-state index contributed by atoms with van der Waals surface area (Å²) in [6, 6.07) is 23.1. The molecule has 0 aliphatic carbocycles. The quantitative estimate of drug-likeness (QED) is 0.364. The maximum Gasteiger partial charge on any atom is 0.264 e. The van der Waals surface area contributed by atoms with Gasteiger partial charge in [-0.2, -0.15) is 0 Å². The van der Waals surface area contributed by atoms with Crippen molar-refractivity contribution in [3.8, 4) is 5.75 Å². The average molecular weight is 521 g/mol. The van der Waals surface area contributed by atoms with Crippen LogP contribution >= 0.6 is 0 Å². The van der Waals surface area contributed by atoms with Crippen LogP contribution in [0.25, 0.3) is 0 Å². The molecule has 1 amide bonds. The highest BCUT2D eigenvalue weighted by Crippen LogP contribution is 2.42. The summed E-state index contributed by atoms with van der Waals surface area (Å²) in [5.41, 5.74) is 2.08. The van der Waals surface area contributed by atoms with Crippen LogP contribution < -0.4 is 14.4 Å². The van der Waals surface area contributed by atoms with Gasteiger partial charge in [-0.15, -0.1) is 0 Å². The molecule has 4 rings (SSSR count). The molecule has 0 spiro atoms. The highest BCUT2D eigenvalue weighted by molar-refractivity contribution is 7.92. The largest absolute Gasteiger partial charge is 0.487 e. The second kappa shape index (κ2) is 11.0. The predicted octanol–water partition coefficient (Wildman–Crippen LogP) is 6.20. The van der Waals surface area contributed by atoms with Crippen molar-refractivity contribution in [2.75, 3.05) is 10.8 Å². The molecule has 0 saturated carbocycles. The van der Waals surface area contributed by atoms with Crippen molar-refractivity contribution in [2.45, 2.75) is 69.4 Å². The number of nitrogens with zero attached hydrogens (tertiary/aromatic N) is 1. The Morgan fingerprint density at radius 3 is 2.22 bits per heavy atom. The summed E-state index contributed by atoms with van der Waals surface area (Å²) in [5.74, 6) is 0.707. The molecular formula is C30H36N2O4S. The molecule has 6 nitrogen and oxygen atoms in total. The number of benzene rings is 3. The molecule has 1 N–H and O–H groups in total. The zero-order valence-corrected chi connectivity index (χ0v) is 22.8. The van der Waals surface area contributed by atoms with Gasteiger partial charge >= 0.3 is 0 Å². The van der Waals surface area contributed by atoms with Crippen molar-refractivity contribution in [2.24, 2.45) is 0 Å². The first-order valence-corrected chi connectivity index (χ1v) is 14.4. The lowest BCUT2D eigenvalue weighted by atomic mass is 9.83. The van der Waals surface area contributed by atoms with Gasteiger partial charge in [0.25, 0.3) is 10.0 Å². The van der Waals surface area contributed by atoms with Gasteiger partial charge in [-0.3, -0.25) is 9.10 Å². The topological polar surface area (TPSA) is 75.7 Å². The van der Waals surface area contributed by atoms with Crippen LogP contribution in [0.3, 0.4) is 0 Å². The van der Waals surface area contributed by atoms with E-state index in [1.54, 1.807) is 42.5 Å². The third kappa shape index (κ3) is 5.67. The lowest BCUT2D eigenvalue weighted by molar-refractivity contribution is -0.121. The number of hydrogen-bond donors (Lipinski definition) is 1. The molecule has 0 radical (unpaired) electrons. The fourth-order valence-electron chi connectivity index (χ4n) is 4.86. The van der Waals surface area contributed by atoms with E-state index in [1.165, 1.54) is 4.31 Å². The summed E-state index contributed by atoms with van der Waals surface area (Å²) < 4.78 is 35.0. The zero-order valence-electron chi connectivity index (χ0n) is 22.0. The number of hydrogen-bond acceptors (Lipinski definition) is 4. The average Bonchev–Trinajstić information content (AvgIpc) is 2.92. The summed E-state index contributed by atoms with van der Waals surface area (Å²) in [7, 11) is -3.97. The molecule has 7 heteroatoms. The van der Waals surface area contributed by atoms with Crippen LogP contribution in [0.5, 0.6) is 5.75 Å². The molecule has 1 unspecified atom stereocenters. The second-order valence-corrected chi connectivity index (χ2v) is 11.8. The van der Waals surface area contributed by atoms with E-state index >= 15 is 0 Å². The van der Waals surface area contributed by atoms with E-state index in [4.69, 9.17) is 4.74 Å². The zero-order chi connectivity index (χ0) is 26.6. The van der Waals surface area contributed by atoms with Gasteiger partial charge in [0.05, 0.1) is 16.6 Å². The standard InChI is InChI=1S/C30H36N2O4S/c1-5-30(6-2)20-27(26-14-10-11-15-28(26)36-30)31-29(33)21-32(24-18-16-23(17-19-24)22(3)4)37(34,35)25-12-8-7-9-13-25/h7-19,22,27H,5-6,20-21H2,1-4H3,(H,31,33). The summed E-state index contributed by atoms with van der Waals surface area (Å²) in [5, 5.41) is 3.13. The van der Waals surface area contributed by atoms with E-state index in [1.807, 2.05) is 36.4 Å². The molecule has 0 fully saturated rings. The van der Waals surface area contributed by atoms with Crippen LogP contribution in [0.2, 0.25) is 0 Å². The van der Waals surface area contributed by atoms with E-state index in [2.05, 4.69) is 33.0 Å². The van der Waals surface area contributed by atoms with E-state index in [-0.39, 0.29) is 29.0 Å². The summed E-state index contributed by atoms with van der Waals surface area (Å²) in [6.45, 7) is 8.01. The first kappa shape index (κ1) is 26.7. The van der Waals surface area contributed by atoms with Gasteiger partial charge in [0.15, 0.2) is 0 Å². The van der Waals surface area contributed by atoms with E-state index in [0.29, 0.717) is 18.0 Å². The molecule has 196 valence electrons. The predicted molar refractivity (Wildman–Crippen MR) is 147 cm³/mol. The van der Waals surface area contributed by atoms with Gasteiger partial charge < -0.3 is 10.1 Å². The Kier molecular flexibility index (Phi) is 7.93. The fourth-order valence-corrected chi connectivity index (χ4v) is 6.30. The maximum absolute atomic E-state index is 13.7. The molecule has 3 aromatic rings. The van der Waals surface area contributed by atoms with Crippen LogP contribution in [-0.2, 0) is 14.8 Å². The molecule has 0 saturated heterocycles. The van der Waals surface area contributed by atoms with E-state index < -0.39 is 10.0 Å². The third-order valence-electron chi connectivity index (χ3n) is 7.29.